The molecule has 1 heterocycles. The van der Waals surface area contributed by atoms with E-state index in [2.05, 4.69) is 0 Å². The van der Waals surface area contributed by atoms with Crippen LogP contribution in [0.3, 0.4) is 0 Å². The van der Waals surface area contributed by atoms with E-state index in [1.54, 1.807) is 4.90 Å². The monoisotopic (exact) mass is 283 g/mol. The first kappa shape index (κ1) is 13.6. The van der Waals surface area contributed by atoms with Crippen LogP contribution in [0.4, 0.5) is 0 Å². The summed E-state index contributed by atoms with van der Waals surface area (Å²) in [5, 5.41) is 11.0. The highest BCUT2D eigenvalue weighted by Gasteiger charge is 2.31. The largest absolute Gasteiger partial charge is 0.481 e. The van der Waals surface area contributed by atoms with E-state index in [1.165, 1.54) is 5.39 Å². The molecule has 0 unspecified atom stereocenters. The van der Waals surface area contributed by atoms with Crippen LogP contribution in [-0.2, 0) is 16.0 Å². The minimum atomic E-state index is -0.790. The summed E-state index contributed by atoms with van der Waals surface area (Å²) in [6.07, 6.45) is 0.532. The number of hydrogen-bond donors (Lipinski definition) is 1. The highest BCUT2D eigenvalue weighted by atomic mass is 16.4. The van der Waals surface area contributed by atoms with Gasteiger partial charge in [0.05, 0.1) is 12.8 Å². The van der Waals surface area contributed by atoms with Gasteiger partial charge in [-0.15, -0.1) is 0 Å². The topological polar surface area (TPSA) is 57.6 Å². The van der Waals surface area contributed by atoms with Gasteiger partial charge in [0, 0.05) is 19.0 Å². The third kappa shape index (κ3) is 3.05. The SMILES string of the molecule is O=C(O)CC1CN(C(=O)Cc2ccc3ccccc3c2)C1. The molecule has 108 valence electrons. The first-order valence-corrected chi connectivity index (χ1v) is 7.09. The van der Waals surface area contributed by atoms with E-state index >= 15 is 0 Å². The van der Waals surface area contributed by atoms with Gasteiger partial charge < -0.3 is 10.0 Å². The normalized spacial score (nSPS) is 15.0. The van der Waals surface area contributed by atoms with Crippen LogP contribution in [0.25, 0.3) is 10.8 Å². The number of likely N-dealkylation sites (tertiary alicyclic amines) is 1. The smallest absolute Gasteiger partial charge is 0.303 e. The lowest BCUT2D eigenvalue weighted by atomic mass is 9.95. The molecule has 1 saturated heterocycles. The van der Waals surface area contributed by atoms with Gasteiger partial charge in [0.25, 0.3) is 0 Å². The maximum atomic E-state index is 12.1. The second-order valence-electron chi connectivity index (χ2n) is 5.62. The number of nitrogens with zero attached hydrogens (tertiary/aromatic N) is 1. The molecule has 4 heteroatoms. The molecule has 4 nitrogen and oxygen atoms in total. The Bertz CT molecular complexity index is 689. The summed E-state index contributed by atoms with van der Waals surface area (Å²) in [5.74, 6) is -0.600. The van der Waals surface area contributed by atoms with Crippen LogP contribution in [0.5, 0.6) is 0 Å². The minimum absolute atomic E-state index is 0.0759. The van der Waals surface area contributed by atoms with Gasteiger partial charge in [0.2, 0.25) is 5.91 Å². The molecular weight excluding hydrogens is 266 g/mol. The molecular formula is C17H17NO3. The van der Waals surface area contributed by atoms with Crippen LogP contribution >= 0.6 is 0 Å². The molecule has 0 spiro atoms. The Morgan fingerprint density at radius 3 is 2.52 bits per heavy atom. The van der Waals surface area contributed by atoms with E-state index in [-0.39, 0.29) is 18.2 Å². The molecule has 1 fully saturated rings. The average Bonchev–Trinajstić information content (AvgIpc) is 2.42. The number of carbonyl (C=O) groups excluding carboxylic acids is 1. The molecule has 0 bridgehead atoms. The predicted octanol–water partition coefficient (Wildman–Crippen LogP) is 2.32. The second kappa shape index (κ2) is 5.56. The van der Waals surface area contributed by atoms with E-state index in [9.17, 15) is 9.59 Å². The third-order valence-electron chi connectivity index (χ3n) is 3.94. The molecule has 1 aliphatic rings. The number of carboxylic acid groups (broad SMARTS) is 1. The van der Waals surface area contributed by atoms with Crippen LogP contribution in [-0.4, -0.2) is 35.0 Å². The molecule has 0 aromatic heterocycles. The summed E-state index contributed by atoms with van der Waals surface area (Å²) < 4.78 is 0. The van der Waals surface area contributed by atoms with Crippen LogP contribution in [0.2, 0.25) is 0 Å². The quantitative estimate of drug-likeness (QED) is 0.936. The number of carboxylic acids is 1. The zero-order valence-corrected chi connectivity index (χ0v) is 11.7. The van der Waals surface area contributed by atoms with Crippen molar-refractivity contribution >= 4 is 22.6 Å². The van der Waals surface area contributed by atoms with Crippen LogP contribution in [0.1, 0.15) is 12.0 Å². The van der Waals surface area contributed by atoms with Gasteiger partial charge in [0.1, 0.15) is 0 Å². The lowest BCUT2D eigenvalue weighted by Crippen LogP contribution is -2.51. The van der Waals surface area contributed by atoms with Gasteiger partial charge >= 0.3 is 5.97 Å². The number of rotatable bonds is 4. The lowest BCUT2D eigenvalue weighted by Gasteiger charge is -2.38. The van der Waals surface area contributed by atoms with E-state index in [1.807, 2.05) is 42.5 Å². The Kier molecular flexibility index (Phi) is 3.60. The number of carbonyl (C=O) groups is 2. The molecule has 1 N–H and O–H groups in total. The Morgan fingerprint density at radius 2 is 1.81 bits per heavy atom. The molecule has 21 heavy (non-hydrogen) atoms. The molecule has 0 radical (unpaired) electrons. The van der Waals surface area contributed by atoms with Crippen LogP contribution in [0.15, 0.2) is 42.5 Å². The second-order valence-corrected chi connectivity index (χ2v) is 5.62. The standard InChI is InChI=1S/C17H17NO3/c19-16(18-10-13(11-18)9-17(20)21)8-12-5-6-14-3-1-2-4-15(14)7-12/h1-7,13H,8-11H2,(H,20,21). The maximum Gasteiger partial charge on any atom is 0.303 e. The van der Waals surface area contributed by atoms with E-state index in [4.69, 9.17) is 5.11 Å². The Hall–Kier alpha value is -2.36. The summed E-state index contributed by atoms with van der Waals surface area (Å²) in [7, 11) is 0. The summed E-state index contributed by atoms with van der Waals surface area (Å²) in [6, 6.07) is 14.1. The van der Waals surface area contributed by atoms with Gasteiger partial charge in [-0.3, -0.25) is 9.59 Å². The molecule has 0 atom stereocenters. The van der Waals surface area contributed by atoms with E-state index < -0.39 is 5.97 Å². The van der Waals surface area contributed by atoms with Crippen LogP contribution < -0.4 is 0 Å². The fourth-order valence-corrected chi connectivity index (χ4v) is 2.78. The van der Waals surface area contributed by atoms with Crippen molar-refractivity contribution in [2.45, 2.75) is 12.8 Å². The first-order chi connectivity index (χ1) is 10.1. The van der Waals surface area contributed by atoms with Crippen LogP contribution in [0, 0.1) is 5.92 Å². The van der Waals surface area contributed by atoms with Gasteiger partial charge in [0.15, 0.2) is 0 Å². The Morgan fingerprint density at radius 1 is 1.10 bits per heavy atom. The fraction of sp³-hybridized carbons (Fsp3) is 0.294. The lowest BCUT2D eigenvalue weighted by molar-refractivity contribution is -0.144. The van der Waals surface area contributed by atoms with Crippen molar-refractivity contribution in [3.05, 3.63) is 48.0 Å². The van der Waals surface area contributed by atoms with Crippen molar-refractivity contribution in [1.82, 2.24) is 4.90 Å². The average molecular weight is 283 g/mol. The molecule has 0 saturated carbocycles. The summed E-state index contributed by atoms with van der Waals surface area (Å²) >= 11 is 0. The molecule has 2 aromatic carbocycles. The van der Waals surface area contributed by atoms with Crippen molar-refractivity contribution in [2.75, 3.05) is 13.1 Å². The number of fused-ring (bicyclic) bond motifs is 1. The summed E-state index contributed by atoms with van der Waals surface area (Å²) in [6.45, 7) is 1.14. The Labute approximate surface area is 123 Å². The number of aliphatic carboxylic acids is 1. The van der Waals surface area contributed by atoms with Crippen molar-refractivity contribution in [2.24, 2.45) is 5.92 Å². The summed E-state index contributed by atoms with van der Waals surface area (Å²) in [5.41, 5.74) is 1.00. The van der Waals surface area contributed by atoms with Gasteiger partial charge in [-0.1, -0.05) is 42.5 Å². The predicted molar refractivity (Wildman–Crippen MR) is 80.0 cm³/mol. The molecule has 1 aliphatic heterocycles. The number of amides is 1. The zero-order valence-electron chi connectivity index (χ0n) is 11.7. The van der Waals surface area contributed by atoms with Crippen molar-refractivity contribution in [1.29, 1.82) is 0 Å². The summed E-state index contributed by atoms with van der Waals surface area (Å²) in [4.78, 5) is 24.5. The minimum Gasteiger partial charge on any atom is -0.481 e. The number of hydrogen-bond acceptors (Lipinski definition) is 2. The van der Waals surface area contributed by atoms with Crippen molar-refractivity contribution in [3.63, 3.8) is 0 Å². The first-order valence-electron chi connectivity index (χ1n) is 7.09. The third-order valence-corrected chi connectivity index (χ3v) is 3.94. The molecule has 3 rings (SSSR count). The number of benzene rings is 2. The van der Waals surface area contributed by atoms with Crippen molar-refractivity contribution < 1.29 is 14.7 Å². The highest BCUT2D eigenvalue weighted by molar-refractivity contribution is 5.85. The molecule has 0 aliphatic carbocycles. The van der Waals surface area contributed by atoms with Crippen molar-refractivity contribution in [3.8, 4) is 0 Å². The highest BCUT2D eigenvalue weighted by Crippen LogP contribution is 2.21. The fourth-order valence-electron chi connectivity index (χ4n) is 2.78. The van der Waals surface area contributed by atoms with E-state index in [0.717, 1.165) is 10.9 Å². The molecule has 2 aromatic rings. The zero-order chi connectivity index (χ0) is 14.8. The van der Waals surface area contributed by atoms with Gasteiger partial charge in [-0.05, 0) is 16.3 Å². The van der Waals surface area contributed by atoms with Gasteiger partial charge in [-0.2, -0.15) is 0 Å². The van der Waals surface area contributed by atoms with Gasteiger partial charge in [-0.25, -0.2) is 0 Å². The Balaban J connectivity index is 1.61. The maximum absolute atomic E-state index is 12.1. The molecule has 1 amide bonds. The van der Waals surface area contributed by atoms with E-state index in [0.29, 0.717) is 19.5 Å².